The molecule has 0 radical (unpaired) electrons. The van der Waals surface area contributed by atoms with E-state index in [0.717, 1.165) is 21.0 Å². The van der Waals surface area contributed by atoms with E-state index >= 15 is 0 Å². The largest absolute Gasteiger partial charge is 0.496 e. The molecular weight excluding hydrogens is 360 g/mol. The molecule has 136 valence electrons. The van der Waals surface area contributed by atoms with Gasteiger partial charge < -0.3 is 14.0 Å². The van der Waals surface area contributed by atoms with Crippen LogP contribution in [0, 0.1) is 0 Å². The molecule has 0 N–H and O–H groups in total. The lowest BCUT2D eigenvalue weighted by atomic mass is 10.1. The second kappa shape index (κ2) is 6.89. The van der Waals surface area contributed by atoms with Crippen LogP contribution in [0.3, 0.4) is 0 Å². The molecule has 0 aliphatic heterocycles. The second-order valence-corrected chi connectivity index (χ2v) is 7.04. The Bertz CT molecular complexity index is 1220. The number of hydrogen-bond donors (Lipinski definition) is 0. The number of carbonyl (C=O) groups is 1. The van der Waals surface area contributed by atoms with Crippen LogP contribution in [0.15, 0.2) is 59.6 Å². The Kier molecular flexibility index (Phi) is 4.41. The molecule has 3 aromatic carbocycles. The average Bonchev–Trinajstić information content (AvgIpc) is 3.03. The predicted octanol–water partition coefficient (Wildman–Crippen LogP) is 4.15. The van der Waals surface area contributed by atoms with Crippen LogP contribution < -0.4 is 14.3 Å². The summed E-state index contributed by atoms with van der Waals surface area (Å²) in [6.45, 7) is 0. The smallest absolute Gasteiger partial charge is 0.287 e. The Hall–Kier alpha value is -3.12. The van der Waals surface area contributed by atoms with Crippen molar-refractivity contribution in [2.75, 3.05) is 14.2 Å². The summed E-state index contributed by atoms with van der Waals surface area (Å²) in [6, 6.07) is 17.6. The van der Waals surface area contributed by atoms with Gasteiger partial charge in [0.25, 0.3) is 5.91 Å². The van der Waals surface area contributed by atoms with Crippen molar-refractivity contribution < 1.29 is 14.3 Å². The van der Waals surface area contributed by atoms with E-state index in [2.05, 4.69) is 29.3 Å². The minimum absolute atomic E-state index is 0.324. The lowest BCUT2D eigenvalue weighted by Gasteiger charge is -2.09. The number of fused-ring (bicyclic) bond motifs is 3. The van der Waals surface area contributed by atoms with Crippen LogP contribution in [-0.2, 0) is 7.05 Å². The van der Waals surface area contributed by atoms with E-state index in [1.165, 1.54) is 25.6 Å². The third-order valence-electron chi connectivity index (χ3n) is 4.53. The van der Waals surface area contributed by atoms with Gasteiger partial charge in [-0.05, 0) is 23.6 Å². The number of aryl methyl sites for hydroxylation is 1. The number of rotatable bonds is 3. The Balaban J connectivity index is 1.93. The van der Waals surface area contributed by atoms with Gasteiger partial charge in [0.1, 0.15) is 17.1 Å². The number of nitrogens with zero attached hydrogens (tertiary/aromatic N) is 2. The number of aromatic nitrogens is 1. The van der Waals surface area contributed by atoms with Crippen LogP contribution in [0.4, 0.5) is 0 Å². The second-order valence-electron chi connectivity index (χ2n) is 6.03. The summed E-state index contributed by atoms with van der Waals surface area (Å²) in [6.07, 6.45) is 0. The van der Waals surface area contributed by atoms with Gasteiger partial charge in [-0.2, -0.15) is 4.99 Å². The maximum absolute atomic E-state index is 12.9. The average molecular weight is 378 g/mol. The maximum atomic E-state index is 12.9. The molecule has 0 aliphatic rings. The molecule has 4 aromatic rings. The van der Waals surface area contributed by atoms with Crippen LogP contribution in [-0.4, -0.2) is 24.7 Å². The number of ether oxygens (including phenoxy) is 2. The normalized spacial score (nSPS) is 11.9. The first kappa shape index (κ1) is 17.3. The summed E-state index contributed by atoms with van der Waals surface area (Å²) in [5.41, 5.74) is 1.39. The monoisotopic (exact) mass is 378 g/mol. The zero-order valence-corrected chi connectivity index (χ0v) is 16.0. The summed E-state index contributed by atoms with van der Waals surface area (Å²) in [5.74, 6) is 0.491. The van der Waals surface area contributed by atoms with Crippen molar-refractivity contribution in [2.24, 2.45) is 12.0 Å². The maximum Gasteiger partial charge on any atom is 0.287 e. The van der Waals surface area contributed by atoms with Gasteiger partial charge in [0.2, 0.25) is 0 Å². The lowest BCUT2D eigenvalue weighted by molar-refractivity contribution is 0.0992. The van der Waals surface area contributed by atoms with Gasteiger partial charge in [0.15, 0.2) is 4.80 Å². The predicted molar refractivity (Wildman–Crippen MR) is 108 cm³/mol. The molecular formula is C21H18N2O3S. The molecule has 0 spiro atoms. The first-order chi connectivity index (χ1) is 13.1. The molecule has 1 heterocycles. The lowest BCUT2D eigenvalue weighted by Crippen LogP contribution is -2.14. The number of amides is 1. The first-order valence-electron chi connectivity index (χ1n) is 8.41. The molecule has 0 aliphatic carbocycles. The molecule has 5 nitrogen and oxygen atoms in total. The summed E-state index contributed by atoms with van der Waals surface area (Å²) >= 11 is 1.48. The molecule has 4 rings (SSSR count). The third kappa shape index (κ3) is 2.88. The first-order valence-corrected chi connectivity index (χ1v) is 9.23. The topological polar surface area (TPSA) is 52.8 Å². The highest BCUT2D eigenvalue weighted by Crippen LogP contribution is 2.29. The zero-order chi connectivity index (χ0) is 19.0. The summed E-state index contributed by atoms with van der Waals surface area (Å²) in [5, 5.41) is 2.29. The molecule has 6 heteroatoms. The van der Waals surface area contributed by atoms with Gasteiger partial charge >= 0.3 is 0 Å². The van der Waals surface area contributed by atoms with E-state index in [1.54, 1.807) is 18.2 Å². The number of carbonyl (C=O) groups excluding carboxylic acids is 1. The molecule has 1 amide bonds. The van der Waals surface area contributed by atoms with Gasteiger partial charge in [-0.15, -0.1) is 0 Å². The highest BCUT2D eigenvalue weighted by Gasteiger charge is 2.18. The molecule has 0 unspecified atom stereocenters. The molecule has 0 atom stereocenters. The van der Waals surface area contributed by atoms with Crippen LogP contribution in [0.2, 0.25) is 0 Å². The van der Waals surface area contributed by atoms with E-state index in [4.69, 9.17) is 9.47 Å². The summed E-state index contributed by atoms with van der Waals surface area (Å²) < 4.78 is 13.7. The molecule has 0 saturated heterocycles. The van der Waals surface area contributed by atoms with E-state index in [0.29, 0.717) is 21.9 Å². The number of hydrogen-bond acceptors (Lipinski definition) is 4. The van der Waals surface area contributed by atoms with Gasteiger partial charge in [-0.3, -0.25) is 4.79 Å². The Morgan fingerprint density at radius 3 is 2.37 bits per heavy atom. The SMILES string of the molecule is COc1cccc(OC)c1C(=O)N=c1sc2ccc3ccccc3c2n1C. The van der Waals surface area contributed by atoms with Crippen LogP contribution in [0.1, 0.15) is 10.4 Å². The van der Waals surface area contributed by atoms with Crippen LogP contribution in [0.25, 0.3) is 21.0 Å². The minimum Gasteiger partial charge on any atom is -0.496 e. The number of methoxy groups -OCH3 is 2. The van der Waals surface area contributed by atoms with E-state index in [1.807, 2.05) is 23.7 Å². The van der Waals surface area contributed by atoms with Crippen molar-refractivity contribution in [3.8, 4) is 11.5 Å². The van der Waals surface area contributed by atoms with Gasteiger partial charge in [0.05, 0.1) is 24.4 Å². The van der Waals surface area contributed by atoms with Crippen LogP contribution >= 0.6 is 11.3 Å². The summed E-state index contributed by atoms with van der Waals surface area (Å²) in [7, 11) is 4.98. The Morgan fingerprint density at radius 1 is 0.963 bits per heavy atom. The molecule has 0 fully saturated rings. The van der Waals surface area contributed by atoms with E-state index < -0.39 is 5.91 Å². The fourth-order valence-corrected chi connectivity index (χ4v) is 4.26. The fraction of sp³-hybridized carbons (Fsp3) is 0.143. The van der Waals surface area contributed by atoms with Gasteiger partial charge in [-0.25, -0.2) is 0 Å². The minimum atomic E-state index is -0.393. The quantitative estimate of drug-likeness (QED) is 0.538. The van der Waals surface area contributed by atoms with E-state index in [9.17, 15) is 4.79 Å². The van der Waals surface area contributed by atoms with Crippen molar-refractivity contribution in [2.45, 2.75) is 0 Å². The highest BCUT2D eigenvalue weighted by molar-refractivity contribution is 7.16. The van der Waals surface area contributed by atoms with Crippen molar-refractivity contribution in [1.82, 2.24) is 4.57 Å². The summed E-state index contributed by atoms with van der Waals surface area (Å²) in [4.78, 5) is 17.9. The third-order valence-corrected chi connectivity index (χ3v) is 5.62. The molecule has 27 heavy (non-hydrogen) atoms. The highest BCUT2D eigenvalue weighted by atomic mass is 32.1. The fourth-order valence-electron chi connectivity index (χ4n) is 3.23. The molecule has 0 bridgehead atoms. The standard InChI is InChI=1S/C21H18N2O3S/c1-23-19-14-8-5-4-7-13(14)11-12-17(19)27-21(23)22-20(24)18-15(25-2)9-6-10-16(18)26-3/h4-12H,1-3H3. The molecule has 1 aromatic heterocycles. The van der Waals surface area contributed by atoms with Crippen molar-refractivity contribution in [3.05, 3.63) is 65.0 Å². The van der Waals surface area contributed by atoms with Crippen LogP contribution in [0.5, 0.6) is 11.5 Å². The van der Waals surface area contributed by atoms with Gasteiger partial charge in [-0.1, -0.05) is 47.7 Å². The van der Waals surface area contributed by atoms with Crippen molar-refractivity contribution in [1.29, 1.82) is 0 Å². The zero-order valence-electron chi connectivity index (χ0n) is 15.2. The van der Waals surface area contributed by atoms with Gasteiger partial charge in [0, 0.05) is 12.4 Å². The molecule has 0 saturated carbocycles. The Labute approximate surface area is 160 Å². The number of benzene rings is 3. The van der Waals surface area contributed by atoms with Crippen molar-refractivity contribution in [3.63, 3.8) is 0 Å². The Morgan fingerprint density at radius 2 is 1.67 bits per heavy atom. The van der Waals surface area contributed by atoms with Crippen molar-refractivity contribution >= 4 is 38.2 Å². The number of thiazole rings is 1. The van der Waals surface area contributed by atoms with E-state index in [-0.39, 0.29) is 0 Å².